The Morgan fingerprint density at radius 2 is 1.81 bits per heavy atom. The van der Waals surface area contributed by atoms with Crippen LogP contribution < -0.4 is 10.2 Å². The second-order valence-corrected chi connectivity index (χ2v) is 6.84. The molecule has 0 radical (unpaired) electrons. The quantitative estimate of drug-likeness (QED) is 0.744. The highest BCUT2D eigenvalue weighted by molar-refractivity contribution is 6.31. The van der Waals surface area contributed by atoms with Crippen molar-refractivity contribution in [1.29, 1.82) is 0 Å². The van der Waals surface area contributed by atoms with Gasteiger partial charge in [0.1, 0.15) is 0 Å². The first-order valence-electron chi connectivity index (χ1n) is 8.46. The molecular weight excluding hydrogens is 348 g/mol. The van der Waals surface area contributed by atoms with Gasteiger partial charge in [0.05, 0.1) is 5.92 Å². The van der Waals surface area contributed by atoms with Crippen molar-refractivity contribution in [2.24, 2.45) is 5.92 Å². The molecule has 0 aromatic heterocycles. The summed E-state index contributed by atoms with van der Waals surface area (Å²) in [6, 6.07) is 20.8. The average Bonchev–Trinajstić information content (AvgIpc) is 3.04. The summed E-state index contributed by atoms with van der Waals surface area (Å²) in [5, 5.41) is 5.60. The summed E-state index contributed by atoms with van der Waals surface area (Å²) in [7, 11) is 0. The summed E-state index contributed by atoms with van der Waals surface area (Å²) in [6.45, 7) is 0.357. The van der Waals surface area contributed by atoms with Crippen molar-refractivity contribution in [2.75, 3.05) is 16.8 Å². The van der Waals surface area contributed by atoms with Gasteiger partial charge in [-0.05, 0) is 29.7 Å². The lowest BCUT2D eigenvalue weighted by atomic mass is 10.1. The number of fused-ring (bicyclic) bond motifs is 1. The zero-order valence-electron chi connectivity index (χ0n) is 14.0. The predicted octanol–water partition coefficient (Wildman–Crippen LogP) is 4.48. The van der Waals surface area contributed by atoms with Gasteiger partial charge in [0.2, 0.25) is 11.8 Å². The first-order chi connectivity index (χ1) is 12.6. The smallest absolute Gasteiger partial charge is 0.229 e. The molecule has 4 rings (SSSR count). The molecule has 1 aliphatic heterocycles. The molecule has 1 atom stereocenters. The van der Waals surface area contributed by atoms with Crippen molar-refractivity contribution in [3.63, 3.8) is 0 Å². The number of nitrogens with zero attached hydrogens (tertiary/aromatic N) is 1. The van der Waals surface area contributed by atoms with Crippen LogP contribution in [-0.4, -0.2) is 18.4 Å². The summed E-state index contributed by atoms with van der Waals surface area (Å²) in [6.07, 6.45) is 0.198. The zero-order valence-corrected chi connectivity index (χ0v) is 14.7. The minimum atomic E-state index is -0.388. The van der Waals surface area contributed by atoms with E-state index in [1.165, 1.54) is 0 Å². The Morgan fingerprint density at radius 1 is 1.04 bits per heavy atom. The van der Waals surface area contributed by atoms with E-state index >= 15 is 0 Å². The fraction of sp³-hybridized carbons (Fsp3) is 0.143. The number of rotatable bonds is 3. The lowest BCUT2D eigenvalue weighted by Gasteiger charge is -2.17. The lowest BCUT2D eigenvalue weighted by molar-refractivity contribution is -0.122. The van der Waals surface area contributed by atoms with Gasteiger partial charge in [0.25, 0.3) is 0 Å². The van der Waals surface area contributed by atoms with E-state index in [4.69, 9.17) is 11.6 Å². The van der Waals surface area contributed by atoms with Gasteiger partial charge in [-0.2, -0.15) is 0 Å². The molecule has 130 valence electrons. The first-order valence-corrected chi connectivity index (χ1v) is 8.84. The van der Waals surface area contributed by atoms with Crippen LogP contribution in [0.1, 0.15) is 6.42 Å². The Kier molecular flexibility index (Phi) is 4.35. The Balaban J connectivity index is 1.53. The highest BCUT2D eigenvalue weighted by Gasteiger charge is 2.35. The van der Waals surface area contributed by atoms with Crippen molar-refractivity contribution in [1.82, 2.24) is 0 Å². The van der Waals surface area contributed by atoms with Crippen molar-refractivity contribution < 1.29 is 9.59 Å². The third-order valence-electron chi connectivity index (χ3n) is 4.66. The van der Waals surface area contributed by atoms with Crippen LogP contribution in [0.25, 0.3) is 10.8 Å². The molecule has 0 unspecified atom stereocenters. The van der Waals surface area contributed by atoms with Crippen molar-refractivity contribution in [3.05, 3.63) is 71.8 Å². The number of carbonyl (C=O) groups is 2. The number of amides is 2. The van der Waals surface area contributed by atoms with Crippen LogP contribution in [0.4, 0.5) is 11.4 Å². The number of halogens is 1. The van der Waals surface area contributed by atoms with E-state index in [9.17, 15) is 9.59 Å². The fourth-order valence-corrected chi connectivity index (χ4v) is 3.53. The number of benzene rings is 3. The van der Waals surface area contributed by atoms with Gasteiger partial charge in [-0.3, -0.25) is 9.59 Å². The van der Waals surface area contributed by atoms with E-state index in [1.807, 2.05) is 48.5 Å². The molecule has 1 N–H and O–H groups in total. The van der Waals surface area contributed by atoms with E-state index in [0.29, 0.717) is 11.6 Å². The second kappa shape index (κ2) is 6.81. The lowest BCUT2D eigenvalue weighted by Crippen LogP contribution is -2.28. The van der Waals surface area contributed by atoms with E-state index < -0.39 is 0 Å². The molecule has 1 heterocycles. The van der Waals surface area contributed by atoms with Crippen LogP contribution in [0.15, 0.2) is 66.7 Å². The highest BCUT2D eigenvalue weighted by atomic mass is 35.5. The molecule has 26 heavy (non-hydrogen) atoms. The topological polar surface area (TPSA) is 49.4 Å². The molecule has 5 heteroatoms. The monoisotopic (exact) mass is 364 g/mol. The Bertz CT molecular complexity index is 997. The molecule has 4 nitrogen and oxygen atoms in total. The van der Waals surface area contributed by atoms with Gasteiger partial charge in [-0.1, -0.05) is 54.1 Å². The number of carbonyl (C=O) groups excluding carboxylic acids is 2. The number of nitrogens with one attached hydrogen (secondary N) is 1. The van der Waals surface area contributed by atoms with Crippen LogP contribution in [0.3, 0.4) is 0 Å². The maximum absolute atomic E-state index is 12.7. The minimum Gasteiger partial charge on any atom is -0.325 e. The predicted molar refractivity (Wildman–Crippen MR) is 104 cm³/mol. The molecule has 1 saturated heterocycles. The molecule has 1 aliphatic rings. The van der Waals surface area contributed by atoms with Crippen molar-refractivity contribution >= 4 is 45.6 Å². The largest absolute Gasteiger partial charge is 0.325 e. The average molecular weight is 365 g/mol. The number of hydrogen-bond donors (Lipinski definition) is 1. The van der Waals surface area contributed by atoms with E-state index in [-0.39, 0.29) is 24.2 Å². The molecule has 0 spiro atoms. The van der Waals surface area contributed by atoms with Crippen LogP contribution in [0, 0.1) is 5.92 Å². The van der Waals surface area contributed by atoms with Gasteiger partial charge >= 0.3 is 0 Å². The van der Waals surface area contributed by atoms with Crippen LogP contribution in [-0.2, 0) is 9.59 Å². The van der Waals surface area contributed by atoms with Gasteiger partial charge in [0, 0.05) is 34.7 Å². The maximum Gasteiger partial charge on any atom is 0.229 e. The summed E-state index contributed by atoms with van der Waals surface area (Å²) in [5.74, 6) is -0.593. The van der Waals surface area contributed by atoms with E-state index in [1.54, 1.807) is 23.1 Å². The summed E-state index contributed by atoms with van der Waals surface area (Å²) < 4.78 is 0. The second-order valence-electron chi connectivity index (χ2n) is 6.40. The number of hydrogen-bond acceptors (Lipinski definition) is 2. The van der Waals surface area contributed by atoms with Gasteiger partial charge < -0.3 is 10.2 Å². The van der Waals surface area contributed by atoms with Crippen LogP contribution in [0.2, 0.25) is 5.02 Å². The first kappa shape index (κ1) is 16.6. The van der Waals surface area contributed by atoms with Gasteiger partial charge in [-0.25, -0.2) is 0 Å². The molecule has 1 fully saturated rings. The molecule has 0 aliphatic carbocycles. The van der Waals surface area contributed by atoms with Gasteiger partial charge in [0.15, 0.2) is 0 Å². The Labute approximate surface area is 156 Å². The molecule has 2 amide bonds. The molecule has 0 bridgehead atoms. The fourth-order valence-electron chi connectivity index (χ4n) is 3.35. The third-order valence-corrected chi connectivity index (χ3v) is 4.90. The van der Waals surface area contributed by atoms with E-state index in [2.05, 4.69) is 5.32 Å². The molecule has 3 aromatic rings. The van der Waals surface area contributed by atoms with E-state index in [0.717, 1.165) is 22.1 Å². The highest BCUT2D eigenvalue weighted by Crippen LogP contribution is 2.29. The summed E-state index contributed by atoms with van der Waals surface area (Å²) >= 11 is 6.02. The Morgan fingerprint density at radius 3 is 2.65 bits per heavy atom. The SMILES string of the molecule is O=C(Nc1cccc2ccccc12)[C@@H]1CC(=O)N(c2cccc(Cl)c2)C1. The maximum atomic E-state index is 12.7. The number of anilines is 2. The normalized spacial score (nSPS) is 16.9. The van der Waals surface area contributed by atoms with Crippen LogP contribution >= 0.6 is 11.6 Å². The Hall–Kier alpha value is -2.85. The third kappa shape index (κ3) is 3.16. The van der Waals surface area contributed by atoms with Crippen molar-refractivity contribution in [2.45, 2.75) is 6.42 Å². The summed E-state index contributed by atoms with van der Waals surface area (Å²) in [5.41, 5.74) is 1.49. The minimum absolute atomic E-state index is 0.0645. The standard InChI is InChI=1S/C21H17ClN2O2/c22-16-7-4-8-17(12-16)24-13-15(11-20(24)25)21(26)23-19-10-3-6-14-5-1-2-9-18(14)19/h1-10,12,15H,11,13H2,(H,23,26)/t15-/m1/s1. The molecule has 3 aromatic carbocycles. The van der Waals surface area contributed by atoms with Crippen molar-refractivity contribution in [3.8, 4) is 0 Å². The molecule has 0 saturated carbocycles. The zero-order chi connectivity index (χ0) is 18.1. The van der Waals surface area contributed by atoms with Gasteiger partial charge in [-0.15, -0.1) is 0 Å². The summed E-state index contributed by atoms with van der Waals surface area (Å²) in [4.78, 5) is 26.7. The molecular formula is C21H17ClN2O2. The van der Waals surface area contributed by atoms with Crippen LogP contribution in [0.5, 0.6) is 0 Å².